The molecule has 0 spiro atoms. The summed E-state index contributed by atoms with van der Waals surface area (Å²) in [7, 11) is 0. The van der Waals surface area contributed by atoms with Gasteiger partial charge in [-0.05, 0) is 58.2 Å². The van der Waals surface area contributed by atoms with Crippen LogP contribution in [0.3, 0.4) is 0 Å². The molecule has 20 heavy (non-hydrogen) atoms. The summed E-state index contributed by atoms with van der Waals surface area (Å²) in [6.45, 7) is 2.14. The molecule has 0 bridgehead atoms. The third-order valence-corrected chi connectivity index (χ3v) is 3.92. The van der Waals surface area contributed by atoms with Gasteiger partial charge in [0, 0.05) is 10.0 Å². The third-order valence-electron chi connectivity index (χ3n) is 2.85. The van der Waals surface area contributed by atoms with Gasteiger partial charge in [0.2, 0.25) is 0 Å². The van der Waals surface area contributed by atoms with Gasteiger partial charge in [-0.2, -0.15) is 0 Å². The van der Waals surface area contributed by atoms with E-state index in [4.69, 9.17) is 4.74 Å². The Morgan fingerprint density at radius 2 is 1.95 bits per heavy atom. The molecule has 5 heteroatoms. The molecule has 0 radical (unpaired) electrons. The molecule has 0 aromatic heterocycles. The molecule has 0 amide bonds. The lowest BCUT2D eigenvalue weighted by atomic mass is 10.1. The Bertz CT molecular complexity index is 630. The lowest BCUT2D eigenvalue weighted by molar-refractivity contribution is 0.258. The first-order chi connectivity index (χ1) is 9.51. The number of halogens is 3. The van der Waals surface area contributed by atoms with Gasteiger partial charge >= 0.3 is 0 Å². The van der Waals surface area contributed by atoms with Crippen molar-refractivity contribution < 1.29 is 14.2 Å². The lowest BCUT2D eigenvalue weighted by Crippen LogP contribution is -2.01. The van der Waals surface area contributed by atoms with Crippen LogP contribution in [-0.4, -0.2) is 5.11 Å². The summed E-state index contributed by atoms with van der Waals surface area (Å²) in [4.78, 5) is 0. The van der Waals surface area contributed by atoms with E-state index in [0.717, 1.165) is 21.2 Å². The summed E-state index contributed by atoms with van der Waals surface area (Å²) in [6, 6.07) is 8.50. The molecule has 1 N–H and O–H groups in total. The number of hydrogen-bond acceptors (Lipinski definition) is 2. The third kappa shape index (κ3) is 3.59. The first kappa shape index (κ1) is 15.5. The van der Waals surface area contributed by atoms with Crippen LogP contribution >= 0.6 is 31.9 Å². The van der Waals surface area contributed by atoms with Crippen LogP contribution in [0.1, 0.15) is 16.7 Å². The highest BCUT2D eigenvalue weighted by Gasteiger charge is 2.09. The van der Waals surface area contributed by atoms with Gasteiger partial charge in [-0.25, -0.2) is 4.39 Å². The van der Waals surface area contributed by atoms with Crippen LogP contribution in [0.15, 0.2) is 39.3 Å². The normalized spacial score (nSPS) is 10.7. The van der Waals surface area contributed by atoms with Gasteiger partial charge in [-0.1, -0.05) is 22.0 Å². The van der Waals surface area contributed by atoms with Gasteiger partial charge in [0.15, 0.2) is 0 Å². The van der Waals surface area contributed by atoms with E-state index in [1.54, 1.807) is 12.1 Å². The van der Waals surface area contributed by atoms with Crippen LogP contribution in [0.4, 0.5) is 4.39 Å². The van der Waals surface area contributed by atoms with Crippen LogP contribution in [-0.2, 0) is 13.2 Å². The number of benzene rings is 2. The molecule has 2 nitrogen and oxygen atoms in total. The summed E-state index contributed by atoms with van der Waals surface area (Å²) in [5.41, 5.74) is 2.51. The minimum atomic E-state index is -0.301. The van der Waals surface area contributed by atoms with Crippen LogP contribution in [0.5, 0.6) is 5.75 Å². The van der Waals surface area contributed by atoms with Gasteiger partial charge < -0.3 is 9.84 Å². The molecule has 0 unspecified atom stereocenters. The first-order valence-electron chi connectivity index (χ1n) is 5.98. The van der Waals surface area contributed by atoms with E-state index in [-0.39, 0.29) is 12.4 Å². The molecule has 0 aliphatic rings. The smallest absolute Gasteiger partial charge is 0.137 e. The summed E-state index contributed by atoms with van der Waals surface area (Å²) in [5, 5.41) is 9.39. The van der Waals surface area contributed by atoms with Gasteiger partial charge in [0.1, 0.15) is 18.2 Å². The number of aryl methyl sites for hydroxylation is 1. The molecule has 2 rings (SSSR count). The maximum absolute atomic E-state index is 13.2. The van der Waals surface area contributed by atoms with Crippen molar-refractivity contribution in [3.05, 3.63) is 61.8 Å². The van der Waals surface area contributed by atoms with Crippen molar-refractivity contribution in [2.75, 3.05) is 0 Å². The fourth-order valence-corrected chi connectivity index (χ4v) is 2.95. The monoisotopic (exact) mass is 402 g/mol. The van der Waals surface area contributed by atoms with E-state index in [9.17, 15) is 9.50 Å². The number of hydrogen-bond donors (Lipinski definition) is 1. The molecule has 0 atom stereocenters. The molecule has 0 aliphatic heterocycles. The SMILES string of the molecule is Cc1cc(Br)cc(CO)c1OCc1ccc(F)c(Br)c1. The van der Waals surface area contributed by atoms with Crippen molar-refractivity contribution >= 4 is 31.9 Å². The van der Waals surface area contributed by atoms with E-state index in [2.05, 4.69) is 31.9 Å². The second-order valence-corrected chi connectivity index (χ2v) is 6.18. The molecule has 2 aromatic rings. The Balaban J connectivity index is 2.20. The fraction of sp³-hybridized carbons (Fsp3) is 0.200. The molecular formula is C15H13Br2FO2. The Morgan fingerprint density at radius 3 is 2.60 bits per heavy atom. The molecule has 0 heterocycles. The largest absolute Gasteiger partial charge is 0.488 e. The van der Waals surface area contributed by atoms with E-state index in [0.29, 0.717) is 16.8 Å². The molecule has 0 aliphatic carbocycles. The second kappa shape index (κ2) is 6.70. The van der Waals surface area contributed by atoms with Gasteiger partial charge in [0.05, 0.1) is 11.1 Å². The number of ether oxygens (including phenoxy) is 1. The van der Waals surface area contributed by atoms with Crippen molar-refractivity contribution in [2.45, 2.75) is 20.1 Å². The number of rotatable bonds is 4. The summed E-state index contributed by atoms with van der Waals surface area (Å²) < 4.78 is 20.2. The quantitative estimate of drug-likeness (QED) is 0.799. The number of aliphatic hydroxyl groups is 1. The van der Waals surface area contributed by atoms with Crippen LogP contribution in [0.25, 0.3) is 0 Å². The maximum atomic E-state index is 13.2. The Hall–Kier alpha value is -0.910. The topological polar surface area (TPSA) is 29.5 Å². The number of aliphatic hydroxyl groups excluding tert-OH is 1. The van der Waals surface area contributed by atoms with E-state index >= 15 is 0 Å². The molecule has 106 valence electrons. The van der Waals surface area contributed by atoms with Gasteiger partial charge in [0.25, 0.3) is 0 Å². The van der Waals surface area contributed by atoms with Gasteiger partial charge in [-0.15, -0.1) is 0 Å². The van der Waals surface area contributed by atoms with Crippen molar-refractivity contribution in [1.82, 2.24) is 0 Å². The predicted octanol–water partition coefficient (Wildman–Crippen LogP) is 4.73. The van der Waals surface area contributed by atoms with Crippen molar-refractivity contribution in [3.63, 3.8) is 0 Å². The second-order valence-electron chi connectivity index (χ2n) is 4.41. The zero-order chi connectivity index (χ0) is 14.7. The fourth-order valence-electron chi connectivity index (χ4n) is 1.91. The molecule has 0 saturated heterocycles. The van der Waals surface area contributed by atoms with Crippen molar-refractivity contribution in [1.29, 1.82) is 0 Å². The predicted molar refractivity (Wildman–Crippen MR) is 83.2 cm³/mol. The first-order valence-corrected chi connectivity index (χ1v) is 7.56. The Morgan fingerprint density at radius 1 is 1.20 bits per heavy atom. The zero-order valence-electron chi connectivity index (χ0n) is 10.8. The lowest BCUT2D eigenvalue weighted by Gasteiger charge is -2.14. The molecule has 0 saturated carbocycles. The molecule has 2 aromatic carbocycles. The Labute approximate surface area is 133 Å². The van der Waals surface area contributed by atoms with Crippen LogP contribution in [0.2, 0.25) is 0 Å². The average Bonchev–Trinajstić information content (AvgIpc) is 2.40. The molecule has 0 fully saturated rings. The van der Waals surface area contributed by atoms with Crippen LogP contribution < -0.4 is 4.74 Å². The van der Waals surface area contributed by atoms with Crippen molar-refractivity contribution in [3.8, 4) is 5.75 Å². The van der Waals surface area contributed by atoms with E-state index in [1.165, 1.54) is 6.07 Å². The van der Waals surface area contributed by atoms with Gasteiger partial charge in [-0.3, -0.25) is 0 Å². The van der Waals surface area contributed by atoms with E-state index < -0.39 is 0 Å². The van der Waals surface area contributed by atoms with Crippen molar-refractivity contribution in [2.24, 2.45) is 0 Å². The highest BCUT2D eigenvalue weighted by Crippen LogP contribution is 2.29. The van der Waals surface area contributed by atoms with Crippen LogP contribution in [0, 0.1) is 12.7 Å². The summed E-state index contributed by atoms with van der Waals surface area (Å²) in [5.74, 6) is 0.362. The zero-order valence-corrected chi connectivity index (χ0v) is 14.0. The standard InChI is InChI=1S/C15H13Br2FO2/c1-9-4-12(16)6-11(7-19)15(9)20-8-10-2-3-14(18)13(17)5-10/h2-6,19H,7-8H2,1H3. The Kier molecular flexibility index (Phi) is 5.18. The minimum Gasteiger partial charge on any atom is -0.488 e. The minimum absolute atomic E-state index is 0.0945. The highest BCUT2D eigenvalue weighted by molar-refractivity contribution is 9.10. The average molecular weight is 404 g/mol. The summed E-state index contributed by atoms with van der Waals surface area (Å²) >= 11 is 6.53. The molecular weight excluding hydrogens is 391 g/mol. The maximum Gasteiger partial charge on any atom is 0.137 e. The van der Waals surface area contributed by atoms with E-state index in [1.807, 2.05) is 19.1 Å². The highest BCUT2D eigenvalue weighted by atomic mass is 79.9. The summed E-state index contributed by atoms with van der Waals surface area (Å²) in [6.07, 6.45) is 0.